The molecule has 0 aliphatic heterocycles. The Balaban J connectivity index is 4.50. The van der Waals surface area contributed by atoms with Crippen molar-refractivity contribution in [2.75, 3.05) is 0 Å². The van der Waals surface area contributed by atoms with Crippen molar-refractivity contribution in [3.05, 3.63) is 73.1 Å². The molecular formula is C13H12I2O3. The quantitative estimate of drug-likeness (QED) is 0.237. The Labute approximate surface area is 135 Å². The van der Waals surface area contributed by atoms with Crippen molar-refractivity contribution in [1.29, 1.82) is 0 Å². The zero-order valence-electron chi connectivity index (χ0n) is 9.62. The van der Waals surface area contributed by atoms with Crippen LogP contribution >= 0.6 is 46.0 Å². The maximum atomic E-state index is 11.1. The maximum absolute atomic E-state index is 11.1. The van der Waals surface area contributed by atoms with E-state index < -0.39 is 5.97 Å². The first kappa shape index (κ1) is 17.2. The van der Waals surface area contributed by atoms with Crippen molar-refractivity contribution in [2.45, 2.75) is 0 Å². The molecule has 0 saturated heterocycles. The molecule has 0 bridgehead atoms. The summed E-state index contributed by atoms with van der Waals surface area (Å²) in [5.41, 5.74) is 1.56. The molecule has 0 fully saturated rings. The molecule has 0 atom stereocenters. The van der Waals surface area contributed by atoms with Crippen LogP contribution < -0.4 is 0 Å². The highest BCUT2D eigenvalue weighted by atomic mass is 127. The zero-order chi connectivity index (χ0) is 14.1. The Morgan fingerprint density at radius 3 is 1.67 bits per heavy atom. The number of allylic oxidation sites excluding steroid dienone is 5. The van der Waals surface area contributed by atoms with Gasteiger partial charge >= 0.3 is 5.97 Å². The molecule has 0 aromatic rings. The Morgan fingerprint density at radius 2 is 1.22 bits per heavy atom. The number of rotatable bonds is 7. The molecule has 0 rings (SSSR count). The van der Waals surface area contributed by atoms with Crippen molar-refractivity contribution in [1.82, 2.24) is 0 Å². The third-order valence-corrected chi connectivity index (χ3v) is 2.77. The second-order valence-electron chi connectivity index (χ2n) is 3.15. The minimum Gasteiger partial charge on any atom is -0.428 e. The highest BCUT2D eigenvalue weighted by molar-refractivity contribution is 14.1. The standard InChI is InChI=1S/C13H12I2O3/c1-9(5-6-11(3)13(16)18-15)10(2)7-8-12(4)17-14/h5-8H,1-4H2/b6-5-,8-7-. The van der Waals surface area contributed by atoms with Crippen LogP contribution in [0.5, 0.6) is 0 Å². The molecule has 0 radical (unpaired) electrons. The molecule has 0 aliphatic carbocycles. The number of carbonyl (C=O) groups is 1. The van der Waals surface area contributed by atoms with E-state index in [1.807, 2.05) is 0 Å². The van der Waals surface area contributed by atoms with Gasteiger partial charge in [-0.3, -0.25) is 0 Å². The molecule has 0 saturated carbocycles. The predicted octanol–water partition coefficient (Wildman–Crippen LogP) is 4.54. The van der Waals surface area contributed by atoms with E-state index in [2.05, 4.69) is 29.4 Å². The van der Waals surface area contributed by atoms with Gasteiger partial charge in [0, 0.05) is 0 Å². The van der Waals surface area contributed by atoms with Crippen LogP contribution in [0, 0.1) is 0 Å². The van der Waals surface area contributed by atoms with Gasteiger partial charge in [0.15, 0.2) is 46.0 Å². The summed E-state index contributed by atoms with van der Waals surface area (Å²) < 4.78 is 9.33. The lowest BCUT2D eigenvalue weighted by molar-refractivity contribution is -0.126. The number of carbonyl (C=O) groups excluding carboxylic acids is 1. The van der Waals surface area contributed by atoms with Crippen LogP contribution in [0.2, 0.25) is 0 Å². The highest BCUT2D eigenvalue weighted by Crippen LogP contribution is 2.12. The van der Waals surface area contributed by atoms with Gasteiger partial charge in [-0.1, -0.05) is 38.5 Å². The average Bonchev–Trinajstić information content (AvgIpc) is 2.39. The molecule has 96 valence electrons. The first-order valence-electron chi connectivity index (χ1n) is 4.66. The highest BCUT2D eigenvalue weighted by Gasteiger charge is 2.03. The van der Waals surface area contributed by atoms with Crippen LogP contribution in [0.25, 0.3) is 0 Å². The Kier molecular flexibility index (Phi) is 8.73. The zero-order valence-corrected chi connectivity index (χ0v) is 13.9. The van der Waals surface area contributed by atoms with E-state index in [1.54, 1.807) is 41.2 Å². The topological polar surface area (TPSA) is 35.5 Å². The van der Waals surface area contributed by atoms with Crippen LogP contribution in [0.3, 0.4) is 0 Å². The van der Waals surface area contributed by atoms with E-state index in [1.165, 1.54) is 29.1 Å². The van der Waals surface area contributed by atoms with Crippen LogP contribution in [0.15, 0.2) is 73.1 Å². The normalized spacial score (nSPS) is 10.3. The molecule has 0 heterocycles. The summed E-state index contributed by atoms with van der Waals surface area (Å²) >= 11 is 3.24. The largest absolute Gasteiger partial charge is 0.428 e. The first-order chi connectivity index (χ1) is 8.42. The van der Waals surface area contributed by atoms with E-state index >= 15 is 0 Å². The fourth-order valence-electron chi connectivity index (χ4n) is 0.752. The molecule has 0 unspecified atom stereocenters. The van der Waals surface area contributed by atoms with E-state index in [0.717, 1.165) is 0 Å². The van der Waals surface area contributed by atoms with Gasteiger partial charge in [0.05, 0.1) is 5.57 Å². The number of halogens is 2. The van der Waals surface area contributed by atoms with Crippen molar-refractivity contribution in [3.8, 4) is 0 Å². The van der Waals surface area contributed by atoms with Gasteiger partial charge in [-0.2, -0.15) is 0 Å². The fraction of sp³-hybridized carbons (Fsp3) is 0. The monoisotopic (exact) mass is 470 g/mol. The summed E-state index contributed by atoms with van der Waals surface area (Å²) in [5, 5.41) is 0. The maximum Gasteiger partial charge on any atom is 0.346 e. The van der Waals surface area contributed by atoms with Gasteiger partial charge in [-0.25, -0.2) is 4.79 Å². The second-order valence-corrected chi connectivity index (χ2v) is 4.03. The van der Waals surface area contributed by atoms with Gasteiger partial charge in [-0.15, -0.1) is 0 Å². The van der Waals surface area contributed by atoms with Crippen LogP contribution in [-0.2, 0) is 10.9 Å². The number of hydrogen-bond donors (Lipinski definition) is 0. The summed E-state index contributed by atoms with van der Waals surface area (Å²) in [5.74, 6) is 0.0129. The summed E-state index contributed by atoms with van der Waals surface area (Å²) in [6, 6.07) is 0. The molecule has 5 heteroatoms. The third kappa shape index (κ3) is 6.80. The van der Waals surface area contributed by atoms with Crippen LogP contribution in [0.4, 0.5) is 0 Å². The lowest BCUT2D eigenvalue weighted by Crippen LogP contribution is -1.97. The molecule has 0 aromatic heterocycles. The summed E-state index contributed by atoms with van der Waals surface area (Å²) in [6.45, 7) is 14.8. The summed E-state index contributed by atoms with van der Waals surface area (Å²) in [7, 11) is 0. The predicted molar refractivity (Wildman–Crippen MR) is 90.1 cm³/mol. The minimum atomic E-state index is -0.493. The van der Waals surface area contributed by atoms with E-state index in [0.29, 0.717) is 16.9 Å². The molecule has 0 aliphatic rings. The Bertz CT molecular complexity index is 445. The van der Waals surface area contributed by atoms with Gasteiger partial charge in [-0.05, 0) is 23.3 Å². The number of hydrogen-bond acceptors (Lipinski definition) is 3. The van der Waals surface area contributed by atoms with Crippen molar-refractivity contribution >= 4 is 52.0 Å². The van der Waals surface area contributed by atoms with Gasteiger partial charge < -0.3 is 6.13 Å². The third-order valence-electron chi connectivity index (χ3n) is 1.80. The van der Waals surface area contributed by atoms with E-state index in [4.69, 9.17) is 3.07 Å². The summed E-state index contributed by atoms with van der Waals surface area (Å²) in [6.07, 6.45) is 6.54. The Morgan fingerprint density at radius 1 is 0.778 bits per heavy atom. The second kappa shape index (κ2) is 9.15. The fourth-order valence-corrected chi connectivity index (χ4v) is 1.18. The van der Waals surface area contributed by atoms with E-state index in [-0.39, 0.29) is 5.57 Å². The van der Waals surface area contributed by atoms with Crippen molar-refractivity contribution in [2.24, 2.45) is 0 Å². The summed E-state index contributed by atoms with van der Waals surface area (Å²) in [4.78, 5) is 11.1. The molecule has 0 spiro atoms. The van der Waals surface area contributed by atoms with Gasteiger partial charge in [0.25, 0.3) is 0 Å². The molecular weight excluding hydrogens is 458 g/mol. The minimum absolute atomic E-state index is 0.238. The van der Waals surface area contributed by atoms with Crippen LogP contribution in [0.1, 0.15) is 0 Å². The van der Waals surface area contributed by atoms with Crippen molar-refractivity contribution < 1.29 is 10.9 Å². The Hall–Kier alpha value is -0.830. The van der Waals surface area contributed by atoms with Crippen LogP contribution in [-0.4, -0.2) is 5.97 Å². The first-order valence-corrected chi connectivity index (χ1v) is 6.42. The molecule has 0 aromatic carbocycles. The lowest BCUT2D eigenvalue weighted by atomic mass is 10.1. The lowest BCUT2D eigenvalue weighted by Gasteiger charge is -2.00. The molecule has 0 N–H and O–H groups in total. The smallest absolute Gasteiger partial charge is 0.346 e. The van der Waals surface area contributed by atoms with Crippen molar-refractivity contribution in [3.63, 3.8) is 0 Å². The van der Waals surface area contributed by atoms with E-state index in [9.17, 15) is 4.79 Å². The molecule has 18 heavy (non-hydrogen) atoms. The SMILES string of the molecule is C=C(/C=C\C(=C)C(=C)/C=C\C(=C)C(=O)OI)OI. The molecule has 0 amide bonds. The average molecular weight is 470 g/mol. The van der Waals surface area contributed by atoms with Gasteiger partial charge in [0.2, 0.25) is 0 Å². The van der Waals surface area contributed by atoms with Gasteiger partial charge in [0.1, 0.15) is 5.76 Å². The molecule has 3 nitrogen and oxygen atoms in total.